The summed E-state index contributed by atoms with van der Waals surface area (Å²) in [6, 6.07) is 34.3. The van der Waals surface area contributed by atoms with Gasteiger partial charge in [0.05, 0.1) is 25.1 Å². The van der Waals surface area contributed by atoms with Crippen molar-refractivity contribution >= 4 is 22.7 Å². The summed E-state index contributed by atoms with van der Waals surface area (Å²) in [5.41, 5.74) is 1.28. The topological polar surface area (TPSA) is 18.5 Å². The third-order valence-electron chi connectivity index (χ3n) is 4.91. The van der Waals surface area contributed by atoms with Crippen molar-refractivity contribution in [3.63, 3.8) is 0 Å². The summed E-state index contributed by atoms with van der Waals surface area (Å²) < 4.78 is 10.7. The van der Waals surface area contributed by atoms with Gasteiger partial charge in [-0.25, -0.2) is 0 Å². The van der Waals surface area contributed by atoms with E-state index in [1.165, 1.54) is 30.0 Å². The van der Waals surface area contributed by atoms with Crippen LogP contribution in [-0.4, -0.2) is 14.2 Å². The molecule has 0 aliphatic rings. The minimum atomic E-state index is -0.213. The van der Waals surface area contributed by atoms with E-state index in [1.54, 1.807) is 26.0 Å². The van der Waals surface area contributed by atoms with Crippen LogP contribution < -0.4 is 9.47 Å². The van der Waals surface area contributed by atoms with Crippen LogP contribution in [0.3, 0.4) is 0 Å². The Morgan fingerprint density at radius 3 is 1.21 bits per heavy atom. The second-order valence-corrected chi connectivity index (χ2v) is 10.2. The molecule has 0 saturated carbocycles. The average Bonchev–Trinajstić information content (AvgIpc) is 2.88. The minimum Gasteiger partial charge on any atom is -0.497 e. The van der Waals surface area contributed by atoms with Crippen LogP contribution in [0.15, 0.2) is 122 Å². The van der Waals surface area contributed by atoms with Crippen molar-refractivity contribution in [2.75, 3.05) is 14.2 Å². The number of hydrogen-bond acceptors (Lipinski definition) is 3. The number of aryl methyl sites for hydroxylation is 1. The lowest BCUT2D eigenvalue weighted by molar-refractivity contribution is 0.414. The first-order chi connectivity index (χ1) is 16.2. The molecule has 0 atom stereocenters. The Morgan fingerprint density at radius 2 is 0.848 bits per heavy atom. The van der Waals surface area contributed by atoms with Crippen molar-refractivity contribution in [1.82, 2.24) is 0 Å². The van der Waals surface area contributed by atoms with E-state index in [9.17, 15) is 0 Å². The summed E-state index contributed by atoms with van der Waals surface area (Å²) in [6.07, 6.45) is 0. The van der Waals surface area contributed by atoms with Gasteiger partial charge in [0.2, 0.25) is 0 Å². The van der Waals surface area contributed by atoms with Crippen molar-refractivity contribution in [3.05, 3.63) is 103 Å². The first-order valence-corrected chi connectivity index (χ1v) is 13.1. The second-order valence-electron chi connectivity index (χ2n) is 7.04. The lowest BCUT2D eigenvalue weighted by Crippen LogP contribution is -2.05. The van der Waals surface area contributed by atoms with Gasteiger partial charge in [-0.2, -0.15) is 0 Å². The molecule has 0 unspecified atom stereocenters. The third-order valence-corrected chi connectivity index (χ3v) is 8.15. The fraction of sp³-hybridized carbons (Fsp3) is 0.172. The van der Waals surface area contributed by atoms with Gasteiger partial charge in [-0.1, -0.05) is 43.3 Å². The molecule has 0 aliphatic heterocycles. The van der Waals surface area contributed by atoms with Crippen LogP contribution in [0.2, 0.25) is 0 Å². The molecule has 0 aromatic heterocycles. The van der Waals surface area contributed by atoms with Crippen LogP contribution in [0.1, 0.15) is 19.4 Å². The Balaban J connectivity index is 0.00000149. The molecule has 4 rings (SSSR count). The maximum Gasteiger partial charge on any atom is 0.166 e. The van der Waals surface area contributed by atoms with Crippen molar-refractivity contribution in [1.29, 1.82) is 0 Å². The van der Waals surface area contributed by atoms with Gasteiger partial charge in [0.1, 0.15) is 11.5 Å². The van der Waals surface area contributed by atoms with Crippen LogP contribution in [0.25, 0.3) is 0 Å². The molecule has 0 heterocycles. The number of methoxy groups -OCH3 is 2. The SMILES string of the molecule is CC.COc1ccc([S+](c2ccc(OC)cc2)c2ccc(Sc3ccc(C)cc3)cc2)cc1. The van der Waals surface area contributed by atoms with Gasteiger partial charge in [0, 0.05) is 9.79 Å². The second kappa shape index (κ2) is 12.4. The molecule has 2 nitrogen and oxygen atoms in total. The Bertz CT molecular complexity index is 1060. The van der Waals surface area contributed by atoms with E-state index >= 15 is 0 Å². The zero-order valence-corrected chi connectivity index (χ0v) is 21.5. The van der Waals surface area contributed by atoms with Crippen LogP contribution >= 0.6 is 11.8 Å². The monoisotopic (exact) mass is 475 g/mol. The molecular weight excluding hydrogens is 444 g/mol. The maximum absolute atomic E-state index is 5.35. The van der Waals surface area contributed by atoms with Crippen molar-refractivity contribution in [2.45, 2.75) is 45.2 Å². The van der Waals surface area contributed by atoms with E-state index in [-0.39, 0.29) is 10.9 Å². The van der Waals surface area contributed by atoms with Gasteiger partial charge in [0.15, 0.2) is 14.7 Å². The molecule has 0 aliphatic carbocycles. The van der Waals surface area contributed by atoms with Crippen LogP contribution in [0.5, 0.6) is 11.5 Å². The largest absolute Gasteiger partial charge is 0.497 e. The highest BCUT2D eigenvalue weighted by Crippen LogP contribution is 2.35. The molecule has 0 amide bonds. The summed E-state index contributed by atoms with van der Waals surface area (Å²) >= 11 is 1.79. The predicted octanol–water partition coefficient (Wildman–Crippen LogP) is 8.29. The first kappa shape index (κ1) is 24.8. The molecule has 170 valence electrons. The third kappa shape index (κ3) is 6.59. The zero-order valence-electron chi connectivity index (χ0n) is 19.9. The lowest BCUT2D eigenvalue weighted by Gasteiger charge is -2.10. The Morgan fingerprint density at radius 1 is 0.515 bits per heavy atom. The molecule has 0 bridgehead atoms. The predicted molar refractivity (Wildman–Crippen MR) is 141 cm³/mol. The van der Waals surface area contributed by atoms with E-state index < -0.39 is 0 Å². The fourth-order valence-corrected chi connectivity index (χ4v) is 6.08. The molecular formula is C29H31O2S2+. The molecule has 0 saturated heterocycles. The first-order valence-electron chi connectivity index (χ1n) is 11.0. The van der Waals surface area contributed by atoms with Gasteiger partial charge >= 0.3 is 0 Å². The van der Waals surface area contributed by atoms with Gasteiger partial charge in [-0.15, -0.1) is 0 Å². The molecule has 4 heteroatoms. The van der Waals surface area contributed by atoms with Crippen LogP contribution in [0.4, 0.5) is 0 Å². The standard InChI is InChI=1S/C27H25O2S2.C2H6/c1-20-4-10-23(11-5-20)30-24-12-18-27(19-13-24)31(25-14-6-21(28-2)7-15-25)26-16-8-22(29-3)9-17-26;1-2/h4-19H,1-3H3;1-2H3/q+1;. The van der Waals surface area contributed by atoms with Crippen molar-refractivity contribution in [2.24, 2.45) is 0 Å². The summed E-state index contributed by atoms with van der Waals surface area (Å²) in [6.45, 7) is 6.11. The smallest absolute Gasteiger partial charge is 0.166 e. The number of benzene rings is 4. The maximum atomic E-state index is 5.35. The molecule has 4 aromatic rings. The zero-order chi connectivity index (χ0) is 23.6. The quantitative estimate of drug-likeness (QED) is 0.251. The molecule has 0 N–H and O–H groups in total. The Labute approximate surface area is 205 Å². The van der Waals surface area contributed by atoms with E-state index in [2.05, 4.69) is 79.7 Å². The highest BCUT2D eigenvalue weighted by molar-refractivity contribution is 7.99. The van der Waals surface area contributed by atoms with Crippen molar-refractivity contribution < 1.29 is 9.47 Å². The summed E-state index contributed by atoms with van der Waals surface area (Å²) in [5, 5.41) is 0. The van der Waals surface area contributed by atoms with E-state index in [0.717, 1.165) is 11.5 Å². The Kier molecular flexibility index (Phi) is 9.35. The summed E-state index contributed by atoms with van der Waals surface area (Å²) in [7, 11) is 3.18. The van der Waals surface area contributed by atoms with Gasteiger partial charge in [-0.05, 0) is 91.9 Å². The van der Waals surface area contributed by atoms with E-state index in [1.807, 2.05) is 38.1 Å². The van der Waals surface area contributed by atoms with Crippen molar-refractivity contribution in [3.8, 4) is 11.5 Å². The molecule has 0 fully saturated rings. The summed E-state index contributed by atoms with van der Waals surface area (Å²) in [5.74, 6) is 1.73. The number of rotatable bonds is 7. The molecule has 0 radical (unpaired) electrons. The minimum absolute atomic E-state index is 0.213. The molecule has 4 aromatic carbocycles. The number of hydrogen-bond donors (Lipinski definition) is 0. The highest BCUT2D eigenvalue weighted by Gasteiger charge is 2.28. The lowest BCUT2D eigenvalue weighted by atomic mass is 10.2. The average molecular weight is 476 g/mol. The number of ether oxygens (including phenoxy) is 2. The Hall–Kier alpha value is -2.82. The van der Waals surface area contributed by atoms with Gasteiger partial charge in [-0.3, -0.25) is 0 Å². The highest BCUT2D eigenvalue weighted by atomic mass is 32.2. The van der Waals surface area contributed by atoms with E-state index in [4.69, 9.17) is 9.47 Å². The molecule has 0 spiro atoms. The normalized spacial score (nSPS) is 10.4. The fourth-order valence-electron chi connectivity index (χ4n) is 3.22. The van der Waals surface area contributed by atoms with Gasteiger partial charge in [0.25, 0.3) is 0 Å². The van der Waals surface area contributed by atoms with Crippen LogP contribution in [-0.2, 0) is 10.9 Å². The van der Waals surface area contributed by atoms with E-state index in [0.29, 0.717) is 0 Å². The summed E-state index contributed by atoms with van der Waals surface area (Å²) in [4.78, 5) is 6.28. The van der Waals surface area contributed by atoms with Gasteiger partial charge < -0.3 is 9.47 Å². The van der Waals surface area contributed by atoms with Crippen LogP contribution in [0, 0.1) is 6.92 Å². The molecule has 33 heavy (non-hydrogen) atoms.